The maximum absolute atomic E-state index is 11.7. The molecule has 0 aliphatic heterocycles. The summed E-state index contributed by atoms with van der Waals surface area (Å²) in [5, 5.41) is 16.5. The highest BCUT2D eigenvalue weighted by Crippen LogP contribution is 2.33. The molecule has 0 fully saturated rings. The number of aromatic nitrogens is 3. The molecule has 2 aromatic rings. The number of hydrogen-bond donors (Lipinski definition) is 1. The number of nitriles is 1. The summed E-state index contributed by atoms with van der Waals surface area (Å²) in [5.41, 5.74) is 0.435. The van der Waals surface area contributed by atoms with Crippen molar-refractivity contribution in [2.75, 3.05) is 5.75 Å². The molecule has 5 nitrogen and oxygen atoms in total. The Hall–Kier alpha value is -1.65. The number of aromatic amines is 1. The van der Waals surface area contributed by atoms with Gasteiger partial charge in [0.05, 0.1) is 5.56 Å². The zero-order valence-corrected chi connectivity index (χ0v) is 13.6. The number of benzene rings is 1. The first kappa shape index (κ1) is 15.7. The van der Waals surface area contributed by atoms with Gasteiger partial charge in [0.25, 0.3) is 0 Å². The summed E-state index contributed by atoms with van der Waals surface area (Å²) >= 11 is 2.99. The van der Waals surface area contributed by atoms with Gasteiger partial charge in [0.15, 0.2) is 5.16 Å². The third-order valence-electron chi connectivity index (χ3n) is 2.77. The van der Waals surface area contributed by atoms with Gasteiger partial charge in [-0.2, -0.15) is 5.26 Å². The van der Waals surface area contributed by atoms with Crippen molar-refractivity contribution in [3.63, 3.8) is 0 Å². The zero-order valence-electron chi connectivity index (χ0n) is 11.9. The number of rotatable bonds is 6. The van der Waals surface area contributed by atoms with E-state index < -0.39 is 0 Å². The maximum Gasteiger partial charge on any atom is 0.343 e. The molecule has 0 spiro atoms. The Morgan fingerprint density at radius 2 is 2.14 bits per heavy atom. The lowest BCUT2D eigenvalue weighted by Gasteiger charge is -2.08. The molecule has 0 atom stereocenters. The van der Waals surface area contributed by atoms with E-state index in [1.165, 1.54) is 11.8 Å². The smallest absolute Gasteiger partial charge is 0.270 e. The number of nitrogens with one attached hydrogen (secondary N) is 1. The standard InChI is InChI=1S/C14H16N4OS2/c1-3-8-18-13(19)16-17-14(18)21-12-7-5-6-11(20-4-2)10(12)9-15/h5-7H,3-4,8H2,1-2H3,(H,16,19). The molecule has 1 N–H and O–H groups in total. The van der Waals surface area contributed by atoms with E-state index in [-0.39, 0.29) is 5.69 Å². The fourth-order valence-corrected chi connectivity index (χ4v) is 3.71. The molecule has 1 heterocycles. The molecule has 7 heteroatoms. The number of H-pyrrole nitrogens is 1. The van der Waals surface area contributed by atoms with E-state index in [2.05, 4.69) is 23.2 Å². The summed E-state index contributed by atoms with van der Waals surface area (Å²) in [6.45, 7) is 4.67. The molecule has 0 amide bonds. The van der Waals surface area contributed by atoms with E-state index in [1.807, 2.05) is 25.1 Å². The van der Waals surface area contributed by atoms with Crippen LogP contribution < -0.4 is 5.69 Å². The van der Waals surface area contributed by atoms with Gasteiger partial charge in [-0.3, -0.25) is 4.57 Å². The second-order valence-corrected chi connectivity index (χ2v) is 6.55. The van der Waals surface area contributed by atoms with Crippen LogP contribution >= 0.6 is 23.5 Å². The topological polar surface area (TPSA) is 74.5 Å². The normalized spacial score (nSPS) is 10.5. The fourth-order valence-electron chi connectivity index (χ4n) is 1.88. The fraction of sp³-hybridized carbons (Fsp3) is 0.357. The van der Waals surface area contributed by atoms with Gasteiger partial charge in [0, 0.05) is 16.3 Å². The predicted octanol–water partition coefficient (Wildman–Crippen LogP) is 3.12. The van der Waals surface area contributed by atoms with Gasteiger partial charge in [-0.05, 0) is 36.1 Å². The van der Waals surface area contributed by atoms with Crippen molar-refractivity contribution in [1.29, 1.82) is 5.26 Å². The van der Waals surface area contributed by atoms with Crippen LogP contribution in [0.5, 0.6) is 0 Å². The summed E-state index contributed by atoms with van der Waals surface area (Å²) < 4.78 is 1.60. The van der Waals surface area contributed by atoms with Gasteiger partial charge in [-0.15, -0.1) is 16.9 Å². The van der Waals surface area contributed by atoms with Crippen molar-refractivity contribution in [1.82, 2.24) is 14.8 Å². The molecular weight excluding hydrogens is 304 g/mol. The number of thioether (sulfide) groups is 1. The lowest BCUT2D eigenvalue weighted by molar-refractivity contribution is 0.604. The van der Waals surface area contributed by atoms with E-state index in [1.54, 1.807) is 16.3 Å². The quantitative estimate of drug-likeness (QED) is 0.828. The molecule has 0 aliphatic carbocycles. The lowest BCUT2D eigenvalue weighted by Crippen LogP contribution is -2.17. The highest BCUT2D eigenvalue weighted by Gasteiger charge is 2.14. The van der Waals surface area contributed by atoms with Crippen LogP contribution in [0.2, 0.25) is 0 Å². The number of hydrogen-bond acceptors (Lipinski definition) is 5. The predicted molar refractivity (Wildman–Crippen MR) is 84.8 cm³/mol. The minimum atomic E-state index is -0.211. The molecule has 110 valence electrons. The molecule has 0 bridgehead atoms. The molecule has 0 unspecified atom stereocenters. The van der Waals surface area contributed by atoms with E-state index in [9.17, 15) is 10.1 Å². The average molecular weight is 320 g/mol. The first-order valence-electron chi connectivity index (χ1n) is 6.70. The molecule has 2 rings (SSSR count). The molecule has 0 saturated heterocycles. The van der Waals surface area contributed by atoms with Gasteiger partial charge >= 0.3 is 5.69 Å². The Morgan fingerprint density at radius 3 is 2.81 bits per heavy atom. The summed E-state index contributed by atoms with van der Waals surface area (Å²) in [4.78, 5) is 13.5. The average Bonchev–Trinajstić information content (AvgIpc) is 2.81. The highest BCUT2D eigenvalue weighted by atomic mass is 32.2. The molecule has 0 aliphatic rings. The Kier molecular flexibility index (Phi) is 5.53. The lowest BCUT2D eigenvalue weighted by atomic mass is 10.2. The van der Waals surface area contributed by atoms with Crippen molar-refractivity contribution in [2.24, 2.45) is 0 Å². The van der Waals surface area contributed by atoms with Gasteiger partial charge in [0.2, 0.25) is 0 Å². The van der Waals surface area contributed by atoms with Crippen molar-refractivity contribution < 1.29 is 0 Å². The monoisotopic (exact) mass is 320 g/mol. The first-order valence-corrected chi connectivity index (χ1v) is 8.50. The largest absolute Gasteiger partial charge is 0.343 e. The molecule has 1 aromatic carbocycles. The minimum Gasteiger partial charge on any atom is -0.270 e. The molecule has 21 heavy (non-hydrogen) atoms. The van der Waals surface area contributed by atoms with E-state index in [4.69, 9.17) is 0 Å². The van der Waals surface area contributed by atoms with Crippen LogP contribution in [-0.4, -0.2) is 20.5 Å². The molecule has 0 radical (unpaired) electrons. The van der Waals surface area contributed by atoms with Crippen molar-refractivity contribution in [3.8, 4) is 6.07 Å². The van der Waals surface area contributed by atoms with Crippen molar-refractivity contribution in [2.45, 2.75) is 41.8 Å². The first-order chi connectivity index (χ1) is 10.2. The van der Waals surface area contributed by atoms with E-state index in [0.29, 0.717) is 17.3 Å². The second-order valence-electron chi connectivity index (χ2n) is 4.24. The Balaban J connectivity index is 2.38. The van der Waals surface area contributed by atoms with Gasteiger partial charge < -0.3 is 0 Å². The van der Waals surface area contributed by atoms with Crippen LogP contribution in [0, 0.1) is 11.3 Å². The van der Waals surface area contributed by atoms with Gasteiger partial charge in [0.1, 0.15) is 6.07 Å². The van der Waals surface area contributed by atoms with E-state index >= 15 is 0 Å². The summed E-state index contributed by atoms with van der Waals surface area (Å²) in [6.07, 6.45) is 0.851. The Bertz CT molecular complexity index is 714. The van der Waals surface area contributed by atoms with Crippen LogP contribution in [0.15, 0.2) is 37.9 Å². The van der Waals surface area contributed by atoms with Crippen LogP contribution in [0.4, 0.5) is 0 Å². The maximum atomic E-state index is 11.7. The number of nitrogens with zero attached hydrogens (tertiary/aromatic N) is 3. The van der Waals surface area contributed by atoms with Crippen molar-refractivity contribution >= 4 is 23.5 Å². The Labute approximate surface area is 131 Å². The SMILES string of the molecule is CCCn1c(Sc2cccc(SCC)c2C#N)n[nH]c1=O. The third kappa shape index (κ3) is 3.52. The van der Waals surface area contributed by atoms with Crippen LogP contribution in [0.3, 0.4) is 0 Å². The zero-order chi connectivity index (χ0) is 15.2. The van der Waals surface area contributed by atoms with Crippen LogP contribution in [-0.2, 0) is 6.54 Å². The van der Waals surface area contributed by atoms with Crippen LogP contribution in [0.1, 0.15) is 25.8 Å². The van der Waals surface area contributed by atoms with E-state index in [0.717, 1.165) is 22.0 Å². The second kappa shape index (κ2) is 7.38. The Morgan fingerprint density at radius 1 is 1.38 bits per heavy atom. The summed E-state index contributed by atoms with van der Waals surface area (Å²) in [5.74, 6) is 0.908. The third-order valence-corrected chi connectivity index (χ3v) is 4.77. The molecule has 1 aromatic heterocycles. The van der Waals surface area contributed by atoms with Gasteiger partial charge in [-0.1, -0.05) is 19.9 Å². The highest BCUT2D eigenvalue weighted by molar-refractivity contribution is 8.00. The molecular formula is C14H16N4OS2. The minimum absolute atomic E-state index is 0.211. The van der Waals surface area contributed by atoms with Crippen molar-refractivity contribution in [3.05, 3.63) is 34.2 Å². The summed E-state index contributed by atoms with van der Waals surface area (Å²) in [6, 6.07) is 8.02. The van der Waals surface area contributed by atoms with Gasteiger partial charge in [-0.25, -0.2) is 9.89 Å². The van der Waals surface area contributed by atoms with Crippen LogP contribution in [0.25, 0.3) is 0 Å². The summed E-state index contributed by atoms with van der Waals surface area (Å²) in [7, 11) is 0. The molecule has 0 saturated carbocycles.